The molecule has 1 atom stereocenters. The summed E-state index contributed by atoms with van der Waals surface area (Å²) in [5.41, 5.74) is 6.23. The van der Waals surface area contributed by atoms with E-state index >= 15 is 0 Å². The van der Waals surface area contributed by atoms with Crippen LogP contribution in [-0.2, 0) is 12.0 Å². The van der Waals surface area contributed by atoms with Crippen molar-refractivity contribution in [3.8, 4) is 0 Å². The molecule has 1 nitrogen and oxygen atoms in total. The van der Waals surface area contributed by atoms with Gasteiger partial charge in [0, 0.05) is 0 Å². The molecule has 0 saturated heterocycles. The van der Waals surface area contributed by atoms with Crippen LogP contribution in [0.2, 0.25) is 0 Å². The first-order chi connectivity index (χ1) is 9.00. The van der Waals surface area contributed by atoms with Gasteiger partial charge in [-0.3, -0.25) is 0 Å². The van der Waals surface area contributed by atoms with E-state index in [1.54, 1.807) is 0 Å². The van der Waals surface area contributed by atoms with Gasteiger partial charge in [0.2, 0.25) is 0 Å². The largest absolute Gasteiger partial charge is 0.380 e. The van der Waals surface area contributed by atoms with Crippen LogP contribution in [0.4, 0.5) is 0 Å². The molecule has 1 heteroatoms. The van der Waals surface area contributed by atoms with E-state index in [4.69, 9.17) is 0 Å². The number of fused-ring (bicyclic) bond motifs is 1. The molecule has 0 fully saturated rings. The van der Waals surface area contributed by atoms with Crippen LogP contribution >= 0.6 is 0 Å². The standard InChI is InChI=1S/C18H20O/c1-12-4-6-14(3)16(10-12)18(19)9-8-15-7-5-13(2)11-17(15)18/h4-7,10-11,19H,8-9H2,1-3H3. The number of hydrogen-bond acceptors (Lipinski definition) is 1. The van der Waals surface area contributed by atoms with E-state index in [-0.39, 0.29) is 0 Å². The van der Waals surface area contributed by atoms with Crippen LogP contribution < -0.4 is 0 Å². The Morgan fingerprint density at radius 1 is 0.895 bits per heavy atom. The molecule has 0 saturated carbocycles. The van der Waals surface area contributed by atoms with Crippen molar-refractivity contribution in [2.24, 2.45) is 0 Å². The Morgan fingerprint density at radius 3 is 2.26 bits per heavy atom. The summed E-state index contributed by atoms with van der Waals surface area (Å²) in [6.07, 6.45) is 1.75. The van der Waals surface area contributed by atoms with Crippen LogP contribution in [0.15, 0.2) is 36.4 Å². The smallest absolute Gasteiger partial charge is 0.115 e. The van der Waals surface area contributed by atoms with E-state index in [2.05, 4.69) is 57.2 Å². The Kier molecular flexibility index (Phi) is 2.75. The Labute approximate surface area is 114 Å². The molecule has 0 aliphatic heterocycles. The number of aryl methyl sites for hydroxylation is 4. The maximum atomic E-state index is 11.2. The highest BCUT2D eigenvalue weighted by molar-refractivity contribution is 5.49. The quantitative estimate of drug-likeness (QED) is 0.818. The van der Waals surface area contributed by atoms with Crippen molar-refractivity contribution < 1.29 is 5.11 Å². The molecule has 2 aromatic rings. The molecule has 19 heavy (non-hydrogen) atoms. The summed E-state index contributed by atoms with van der Waals surface area (Å²) in [5.74, 6) is 0. The molecule has 0 bridgehead atoms. The molecule has 0 spiro atoms. The Hall–Kier alpha value is -1.60. The zero-order valence-corrected chi connectivity index (χ0v) is 11.8. The Bertz CT molecular complexity index is 642. The summed E-state index contributed by atoms with van der Waals surface area (Å²) in [4.78, 5) is 0. The van der Waals surface area contributed by atoms with Crippen molar-refractivity contribution in [2.45, 2.75) is 39.2 Å². The topological polar surface area (TPSA) is 20.2 Å². The third kappa shape index (κ3) is 1.89. The first-order valence-corrected chi connectivity index (χ1v) is 6.91. The van der Waals surface area contributed by atoms with Gasteiger partial charge in [0.05, 0.1) is 0 Å². The van der Waals surface area contributed by atoms with E-state index in [1.165, 1.54) is 22.3 Å². The molecule has 0 heterocycles. The fourth-order valence-electron chi connectivity index (χ4n) is 3.20. The number of rotatable bonds is 1. The van der Waals surface area contributed by atoms with Gasteiger partial charge >= 0.3 is 0 Å². The lowest BCUT2D eigenvalue weighted by molar-refractivity contribution is 0.0821. The molecule has 1 aliphatic rings. The number of benzene rings is 2. The van der Waals surface area contributed by atoms with E-state index in [1.807, 2.05) is 0 Å². The Balaban J connectivity index is 2.21. The van der Waals surface area contributed by atoms with Gasteiger partial charge in [-0.2, -0.15) is 0 Å². The van der Waals surface area contributed by atoms with Gasteiger partial charge in [0.25, 0.3) is 0 Å². The van der Waals surface area contributed by atoms with Gasteiger partial charge in [-0.1, -0.05) is 47.5 Å². The van der Waals surface area contributed by atoms with Crippen molar-refractivity contribution in [3.05, 3.63) is 69.8 Å². The summed E-state index contributed by atoms with van der Waals surface area (Å²) in [7, 11) is 0. The third-order valence-corrected chi connectivity index (χ3v) is 4.31. The summed E-state index contributed by atoms with van der Waals surface area (Å²) in [5, 5.41) is 11.2. The SMILES string of the molecule is Cc1ccc(C)c(C2(O)CCc3ccc(C)cc32)c1. The van der Waals surface area contributed by atoms with E-state index in [9.17, 15) is 5.11 Å². The van der Waals surface area contributed by atoms with E-state index in [0.717, 1.165) is 24.0 Å². The summed E-state index contributed by atoms with van der Waals surface area (Å²) in [6, 6.07) is 12.8. The minimum atomic E-state index is -0.808. The average Bonchev–Trinajstić information content (AvgIpc) is 2.71. The average molecular weight is 252 g/mol. The first-order valence-electron chi connectivity index (χ1n) is 6.91. The molecular weight excluding hydrogens is 232 g/mol. The van der Waals surface area contributed by atoms with E-state index < -0.39 is 5.60 Å². The van der Waals surface area contributed by atoms with Crippen LogP contribution in [0.5, 0.6) is 0 Å². The first kappa shape index (κ1) is 12.4. The minimum Gasteiger partial charge on any atom is -0.380 e. The van der Waals surface area contributed by atoms with Gasteiger partial charge < -0.3 is 5.11 Å². The lowest BCUT2D eigenvalue weighted by Gasteiger charge is -2.27. The molecule has 0 radical (unpaired) electrons. The molecule has 3 rings (SSSR count). The van der Waals surface area contributed by atoms with Crippen LogP contribution in [0.1, 0.15) is 39.8 Å². The van der Waals surface area contributed by atoms with Crippen LogP contribution in [0.25, 0.3) is 0 Å². The summed E-state index contributed by atoms with van der Waals surface area (Å²) >= 11 is 0. The predicted molar refractivity (Wildman–Crippen MR) is 78.4 cm³/mol. The van der Waals surface area contributed by atoms with Crippen LogP contribution in [-0.4, -0.2) is 5.11 Å². The van der Waals surface area contributed by atoms with Gasteiger partial charge in [0.15, 0.2) is 0 Å². The van der Waals surface area contributed by atoms with Crippen LogP contribution in [0.3, 0.4) is 0 Å². The summed E-state index contributed by atoms with van der Waals surface area (Å²) in [6.45, 7) is 6.25. The highest BCUT2D eigenvalue weighted by Crippen LogP contribution is 2.43. The molecule has 98 valence electrons. The molecule has 1 N–H and O–H groups in total. The van der Waals surface area contributed by atoms with Gasteiger partial charge in [0.1, 0.15) is 5.60 Å². The number of aliphatic hydroxyl groups is 1. The Morgan fingerprint density at radius 2 is 1.53 bits per heavy atom. The van der Waals surface area contributed by atoms with Crippen molar-refractivity contribution in [1.29, 1.82) is 0 Å². The van der Waals surface area contributed by atoms with E-state index in [0.29, 0.717) is 0 Å². The number of hydrogen-bond donors (Lipinski definition) is 1. The third-order valence-electron chi connectivity index (χ3n) is 4.31. The lowest BCUT2D eigenvalue weighted by atomic mass is 9.84. The second-order valence-electron chi connectivity index (χ2n) is 5.84. The van der Waals surface area contributed by atoms with Gasteiger partial charge in [-0.25, -0.2) is 0 Å². The fraction of sp³-hybridized carbons (Fsp3) is 0.333. The maximum Gasteiger partial charge on any atom is 0.115 e. The molecule has 0 aromatic heterocycles. The monoisotopic (exact) mass is 252 g/mol. The molecule has 0 amide bonds. The van der Waals surface area contributed by atoms with Crippen LogP contribution in [0, 0.1) is 20.8 Å². The highest BCUT2D eigenvalue weighted by atomic mass is 16.3. The molecule has 1 unspecified atom stereocenters. The zero-order valence-electron chi connectivity index (χ0n) is 11.8. The molecular formula is C18H20O. The van der Waals surface area contributed by atoms with Crippen molar-refractivity contribution in [3.63, 3.8) is 0 Å². The second-order valence-corrected chi connectivity index (χ2v) is 5.84. The highest BCUT2D eigenvalue weighted by Gasteiger charge is 2.39. The molecule has 1 aliphatic carbocycles. The second kappa shape index (κ2) is 4.21. The fourth-order valence-corrected chi connectivity index (χ4v) is 3.20. The predicted octanol–water partition coefficient (Wildman–Crippen LogP) is 3.79. The van der Waals surface area contributed by atoms with Crippen molar-refractivity contribution >= 4 is 0 Å². The zero-order chi connectivity index (χ0) is 13.6. The maximum absolute atomic E-state index is 11.2. The van der Waals surface area contributed by atoms with Crippen molar-refractivity contribution in [2.75, 3.05) is 0 Å². The molecule has 2 aromatic carbocycles. The van der Waals surface area contributed by atoms with Gasteiger partial charge in [-0.15, -0.1) is 0 Å². The minimum absolute atomic E-state index is 0.788. The lowest BCUT2D eigenvalue weighted by Crippen LogP contribution is -2.25. The normalized spacial score (nSPS) is 21.5. The summed E-state index contributed by atoms with van der Waals surface area (Å²) < 4.78 is 0. The van der Waals surface area contributed by atoms with Gasteiger partial charge in [-0.05, 0) is 55.9 Å². The van der Waals surface area contributed by atoms with Crippen molar-refractivity contribution in [1.82, 2.24) is 0 Å².